The molecule has 0 radical (unpaired) electrons. The van der Waals surface area contributed by atoms with Gasteiger partial charge in [-0.3, -0.25) is 0 Å². The summed E-state index contributed by atoms with van der Waals surface area (Å²) in [6.45, 7) is 4.39. The number of hydrogen-bond donors (Lipinski definition) is 1. The minimum atomic E-state index is -3.33. The molecule has 1 aromatic rings. The Kier molecular flexibility index (Phi) is 6.36. The Morgan fingerprint density at radius 3 is 2.44 bits per heavy atom. The highest BCUT2D eigenvalue weighted by atomic mass is 32.2. The van der Waals surface area contributed by atoms with E-state index in [1.54, 1.807) is 19.1 Å². The highest BCUT2D eigenvalue weighted by Crippen LogP contribution is 2.18. The van der Waals surface area contributed by atoms with E-state index in [1.807, 2.05) is 12.1 Å². The van der Waals surface area contributed by atoms with Gasteiger partial charge in [0.1, 0.15) is 0 Å². The molecule has 0 aromatic heterocycles. The molecule has 0 saturated heterocycles. The number of aryl methyl sites for hydroxylation is 1. The smallest absolute Gasteiger partial charge is 0.211 e. The van der Waals surface area contributed by atoms with Gasteiger partial charge in [0.25, 0.3) is 0 Å². The van der Waals surface area contributed by atoms with Gasteiger partial charge in [-0.05, 0) is 24.5 Å². The van der Waals surface area contributed by atoms with E-state index in [0.717, 1.165) is 24.8 Å². The second-order valence-electron chi connectivity index (χ2n) is 4.42. The molecule has 0 saturated carbocycles. The van der Waals surface area contributed by atoms with Crippen LogP contribution in [0.1, 0.15) is 45.1 Å². The number of nitrogens with one attached hydrogen (secondary N) is 1. The number of rotatable bonds is 8. The van der Waals surface area contributed by atoms with Crippen LogP contribution in [-0.4, -0.2) is 15.0 Å². The quantitative estimate of drug-likeness (QED) is 0.737. The molecule has 102 valence electrons. The van der Waals surface area contributed by atoms with Crippen molar-refractivity contribution in [1.82, 2.24) is 4.72 Å². The van der Waals surface area contributed by atoms with Crippen molar-refractivity contribution in [2.75, 3.05) is 6.54 Å². The first-order chi connectivity index (χ1) is 8.61. The predicted molar refractivity (Wildman–Crippen MR) is 75.2 cm³/mol. The summed E-state index contributed by atoms with van der Waals surface area (Å²) in [7, 11) is -3.33. The number of hydrogen-bond acceptors (Lipinski definition) is 2. The van der Waals surface area contributed by atoms with Crippen LogP contribution in [0.15, 0.2) is 29.2 Å². The van der Waals surface area contributed by atoms with Crippen LogP contribution in [0.5, 0.6) is 0 Å². The van der Waals surface area contributed by atoms with Gasteiger partial charge in [0, 0.05) is 6.54 Å². The van der Waals surface area contributed by atoms with Crippen molar-refractivity contribution in [2.45, 2.75) is 50.8 Å². The zero-order chi connectivity index (χ0) is 13.4. The molecule has 0 aliphatic rings. The fourth-order valence-corrected chi connectivity index (χ4v) is 3.29. The van der Waals surface area contributed by atoms with Crippen LogP contribution in [0.2, 0.25) is 0 Å². The van der Waals surface area contributed by atoms with Gasteiger partial charge >= 0.3 is 0 Å². The van der Waals surface area contributed by atoms with Crippen molar-refractivity contribution < 1.29 is 8.42 Å². The van der Waals surface area contributed by atoms with E-state index in [9.17, 15) is 8.42 Å². The molecule has 18 heavy (non-hydrogen) atoms. The molecule has 0 bridgehead atoms. The third kappa shape index (κ3) is 4.42. The standard InChI is InChI=1S/C14H23NO2S/c1-3-5-6-7-10-13-11-8-9-12-14(13)18(16,17)15-4-2/h8-9,11-12,15H,3-7,10H2,1-2H3. The van der Waals surface area contributed by atoms with Crippen LogP contribution in [0, 0.1) is 0 Å². The fourth-order valence-electron chi connectivity index (χ4n) is 1.98. The molecule has 0 spiro atoms. The largest absolute Gasteiger partial charge is 0.240 e. The maximum Gasteiger partial charge on any atom is 0.240 e. The lowest BCUT2D eigenvalue weighted by atomic mass is 10.1. The Labute approximate surface area is 111 Å². The minimum absolute atomic E-state index is 0.423. The maximum atomic E-state index is 12.0. The Morgan fingerprint density at radius 2 is 1.78 bits per heavy atom. The zero-order valence-corrected chi connectivity index (χ0v) is 12.1. The second-order valence-corrected chi connectivity index (χ2v) is 6.16. The van der Waals surface area contributed by atoms with E-state index in [0.29, 0.717) is 11.4 Å². The third-order valence-corrected chi connectivity index (χ3v) is 4.54. The summed E-state index contributed by atoms with van der Waals surface area (Å²) < 4.78 is 26.6. The number of sulfonamides is 1. The van der Waals surface area contributed by atoms with Gasteiger partial charge in [0.2, 0.25) is 10.0 Å². The molecule has 0 atom stereocenters. The third-order valence-electron chi connectivity index (χ3n) is 2.90. The average molecular weight is 269 g/mol. The molecule has 1 rings (SSSR count). The van der Waals surface area contributed by atoms with E-state index in [1.165, 1.54) is 12.8 Å². The maximum absolute atomic E-state index is 12.0. The van der Waals surface area contributed by atoms with Crippen molar-refractivity contribution in [3.05, 3.63) is 29.8 Å². The Balaban J connectivity index is 2.80. The van der Waals surface area contributed by atoms with Gasteiger partial charge in [-0.25, -0.2) is 13.1 Å². The second kappa shape index (κ2) is 7.54. The summed E-state index contributed by atoms with van der Waals surface area (Å²) in [4.78, 5) is 0.434. The van der Waals surface area contributed by atoms with Gasteiger partial charge in [-0.2, -0.15) is 0 Å². The Morgan fingerprint density at radius 1 is 1.06 bits per heavy atom. The van der Waals surface area contributed by atoms with E-state index in [2.05, 4.69) is 11.6 Å². The summed E-state index contributed by atoms with van der Waals surface area (Å²) in [5.74, 6) is 0. The van der Waals surface area contributed by atoms with Crippen molar-refractivity contribution in [1.29, 1.82) is 0 Å². The molecule has 0 aliphatic carbocycles. The lowest BCUT2D eigenvalue weighted by molar-refractivity contribution is 0.581. The molecule has 0 aliphatic heterocycles. The van der Waals surface area contributed by atoms with Crippen LogP contribution >= 0.6 is 0 Å². The summed E-state index contributed by atoms with van der Waals surface area (Å²) in [5.41, 5.74) is 0.926. The van der Waals surface area contributed by atoms with Crippen molar-refractivity contribution in [3.8, 4) is 0 Å². The molecule has 0 unspecified atom stereocenters. The Hall–Kier alpha value is -0.870. The monoisotopic (exact) mass is 269 g/mol. The summed E-state index contributed by atoms with van der Waals surface area (Å²) in [5, 5.41) is 0. The minimum Gasteiger partial charge on any atom is -0.211 e. The first-order valence-corrected chi connectivity index (χ1v) is 8.17. The van der Waals surface area contributed by atoms with Gasteiger partial charge < -0.3 is 0 Å². The van der Waals surface area contributed by atoms with Crippen LogP contribution in [-0.2, 0) is 16.4 Å². The molecule has 1 aromatic carbocycles. The number of benzene rings is 1. The van der Waals surface area contributed by atoms with E-state index >= 15 is 0 Å². The highest BCUT2D eigenvalue weighted by molar-refractivity contribution is 7.89. The highest BCUT2D eigenvalue weighted by Gasteiger charge is 2.16. The van der Waals surface area contributed by atoms with Crippen molar-refractivity contribution in [2.24, 2.45) is 0 Å². The SMILES string of the molecule is CCCCCCc1ccccc1S(=O)(=O)NCC. The van der Waals surface area contributed by atoms with Gasteiger partial charge in [-0.15, -0.1) is 0 Å². The first kappa shape index (κ1) is 15.2. The topological polar surface area (TPSA) is 46.2 Å². The van der Waals surface area contributed by atoms with Gasteiger partial charge in [0.05, 0.1) is 4.90 Å². The molecule has 3 nitrogen and oxygen atoms in total. The molecule has 0 fully saturated rings. The molecule has 1 N–H and O–H groups in total. The predicted octanol–water partition coefficient (Wildman–Crippen LogP) is 3.11. The zero-order valence-electron chi connectivity index (χ0n) is 11.3. The average Bonchev–Trinajstić information content (AvgIpc) is 2.35. The van der Waals surface area contributed by atoms with Crippen LogP contribution in [0.4, 0.5) is 0 Å². The summed E-state index contributed by atoms with van der Waals surface area (Å²) >= 11 is 0. The molecule has 4 heteroatoms. The molecular weight excluding hydrogens is 246 g/mol. The van der Waals surface area contributed by atoms with Crippen molar-refractivity contribution >= 4 is 10.0 Å². The van der Waals surface area contributed by atoms with Crippen LogP contribution in [0.3, 0.4) is 0 Å². The first-order valence-electron chi connectivity index (χ1n) is 6.69. The van der Waals surface area contributed by atoms with Crippen molar-refractivity contribution in [3.63, 3.8) is 0 Å². The fraction of sp³-hybridized carbons (Fsp3) is 0.571. The number of unbranched alkanes of at least 4 members (excludes halogenated alkanes) is 3. The van der Waals surface area contributed by atoms with E-state index in [4.69, 9.17) is 0 Å². The van der Waals surface area contributed by atoms with Gasteiger partial charge in [0.15, 0.2) is 0 Å². The van der Waals surface area contributed by atoms with Crippen LogP contribution in [0.25, 0.3) is 0 Å². The lowest BCUT2D eigenvalue weighted by Crippen LogP contribution is -2.24. The Bertz CT molecular complexity index is 455. The molecule has 0 amide bonds. The van der Waals surface area contributed by atoms with E-state index < -0.39 is 10.0 Å². The van der Waals surface area contributed by atoms with Gasteiger partial charge in [-0.1, -0.05) is 51.3 Å². The lowest BCUT2D eigenvalue weighted by Gasteiger charge is -2.10. The normalized spacial score (nSPS) is 11.7. The van der Waals surface area contributed by atoms with Crippen LogP contribution < -0.4 is 4.72 Å². The molecular formula is C14H23NO2S. The van der Waals surface area contributed by atoms with E-state index in [-0.39, 0.29) is 0 Å². The summed E-state index contributed by atoms with van der Waals surface area (Å²) in [6, 6.07) is 7.28. The molecule has 0 heterocycles. The summed E-state index contributed by atoms with van der Waals surface area (Å²) in [6.07, 6.45) is 5.44.